The van der Waals surface area contributed by atoms with Gasteiger partial charge in [-0.1, -0.05) is 12.1 Å². The predicted molar refractivity (Wildman–Crippen MR) is 103 cm³/mol. The molecule has 0 bridgehead atoms. The highest BCUT2D eigenvalue weighted by Crippen LogP contribution is 2.17. The molecule has 1 fully saturated rings. The Morgan fingerprint density at radius 2 is 1.93 bits per heavy atom. The summed E-state index contributed by atoms with van der Waals surface area (Å²) in [6.07, 6.45) is 3.06. The van der Waals surface area contributed by atoms with Crippen LogP contribution in [0.2, 0.25) is 0 Å². The number of aryl methyl sites for hydroxylation is 2. The van der Waals surface area contributed by atoms with E-state index in [4.69, 9.17) is 4.74 Å². The molecule has 0 spiro atoms. The highest BCUT2D eigenvalue weighted by Gasteiger charge is 2.24. The van der Waals surface area contributed by atoms with Gasteiger partial charge in [0, 0.05) is 25.3 Å². The predicted octanol–water partition coefficient (Wildman–Crippen LogP) is 2.50. The van der Waals surface area contributed by atoms with Crippen molar-refractivity contribution in [1.82, 2.24) is 15.2 Å². The lowest BCUT2D eigenvalue weighted by Crippen LogP contribution is -2.47. The van der Waals surface area contributed by atoms with Crippen LogP contribution in [0.5, 0.6) is 5.75 Å². The van der Waals surface area contributed by atoms with Crippen molar-refractivity contribution in [3.63, 3.8) is 0 Å². The SMILES string of the molecule is Cc1ccc(OCC(=O)N2CCC(NC(=O)c3ccccn3)CC2)cc1C. The second-order valence-electron chi connectivity index (χ2n) is 6.88. The number of amides is 2. The number of pyridine rings is 1. The number of hydrogen-bond acceptors (Lipinski definition) is 4. The second-order valence-corrected chi connectivity index (χ2v) is 6.88. The molecule has 0 unspecified atom stereocenters. The molecule has 2 aromatic rings. The van der Waals surface area contributed by atoms with Gasteiger partial charge in [0.05, 0.1) is 0 Å². The van der Waals surface area contributed by atoms with Gasteiger partial charge in [-0.05, 0) is 62.1 Å². The summed E-state index contributed by atoms with van der Waals surface area (Å²) in [7, 11) is 0. The molecule has 1 N–H and O–H groups in total. The minimum atomic E-state index is -0.168. The van der Waals surface area contributed by atoms with Gasteiger partial charge in [0.25, 0.3) is 11.8 Å². The Morgan fingerprint density at radius 3 is 2.59 bits per heavy atom. The summed E-state index contributed by atoms with van der Waals surface area (Å²) >= 11 is 0. The van der Waals surface area contributed by atoms with E-state index >= 15 is 0 Å². The van der Waals surface area contributed by atoms with Crippen LogP contribution in [0.15, 0.2) is 42.6 Å². The smallest absolute Gasteiger partial charge is 0.270 e. The number of benzene rings is 1. The number of rotatable bonds is 5. The fourth-order valence-electron chi connectivity index (χ4n) is 3.07. The van der Waals surface area contributed by atoms with Crippen molar-refractivity contribution in [2.45, 2.75) is 32.7 Å². The summed E-state index contributed by atoms with van der Waals surface area (Å²) in [6, 6.07) is 11.1. The van der Waals surface area contributed by atoms with Gasteiger partial charge in [-0.2, -0.15) is 0 Å². The first kappa shape index (κ1) is 18.9. The van der Waals surface area contributed by atoms with Crippen LogP contribution < -0.4 is 10.1 Å². The number of hydrogen-bond donors (Lipinski definition) is 1. The summed E-state index contributed by atoms with van der Waals surface area (Å²) in [5, 5.41) is 2.99. The summed E-state index contributed by atoms with van der Waals surface area (Å²) < 4.78 is 5.64. The summed E-state index contributed by atoms with van der Waals surface area (Å²) in [5.41, 5.74) is 2.76. The number of piperidine rings is 1. The normalized spacial score (nSPS) is 14.7. The lowest BCUT2D eigenvalue weighted by Gasteiger charge is -2.32. The Bertz CT molecular complexity index is 800. The third kappa shape index (κ3) is 5.06. The van der Waals surface area contributed by atoms with Crippen molar-refractivity contribution in [2.75, 3.05) is 19.7 Å². The van der Waals surface area contributed by atoms with Crippen molar-refractivity contribution >= 4 is 11.8 Å². The van der Waals surface area contributed by atoms with Crippen LogP contribution in [-0.4, -0.2) is 47.4 Å². The van der Waals surface area contributed by atoms with Crippen LogP contribution in [0.25, 0.3) is 0 Å². The third-order valence-corrected chi connectivity index (χ3v) is 4.92. The molecule has 1 aromatic heterocycles. The number of likely N-dealkylation sites (tertiary alicyclic amines) is 1. The van der Waals surface area contributed by atoms with Crippen molar-refractivity contribution in [3.8, 4) is 5.75 Å². The number of aromatic nitrogens is 1. The molecule has 142 valence electrons. The zero-order valence-corrected chi connectivity index (χ0v) is 15.8. The van der Waals surface area contributed by atoms with Crippen LogP contribution in [-0.2, 0) is 4.79 Å². The Morgan fingerprint density at radius 1 is 1.15 bits per heavy atom. The van der Waals surface area contributed by atoms with Crippen LogP contribution in [0.4, 0.5) is 0 Å². The van der Waals surface area contributed by atoms with Crippen LogP contribution in [0.3, 0.4) is 0 Å². The van der Waals surface area contributed by atoms with E-state index in [1.54, 1.807) is 29.3 Å². The Balaban J connectivity index is 1.43. The molecule has 0 radical (unpaired) electrons. The van der Waals surface area contributed by atoms with Gasteiger partial charge < -0.3 is 15.0 Å². The van der Waals surface area contributed by atoms with E-state index in [-0.39, 0.29) is 24.5 Å². The molecule has 27 heavy (non-hydrogen) atoms. The van der Waals surface area contributed by atoms with Crippen molar-refractivity contribution < 1.29 is 14.3 Å². The van der Waals surface area contributed by atoms with Crippen molar-refractivity contribution in [2.24, 2.45) is 0 Å². The van der Waals surface area contributed by atoms with Crippen molar-refractivity contribution in [1.29, 1.82) is 0 Å². The Hall–Kier alpha value is -2.89. The second kappa shape index (κ2) is 8.66. The third-order valence-electron chi connectivity index (χ3n) is 4.92. The van der Waals surface area contributed by atoms with Gasteiger partial charge in [0.2, 0.25) is 0 Å². The summed E-state index contributed by atoms with van der Waals surface area (Å²) in [5.74, 6) is 0.519. The summed E-state index contributed by atoms with van der Waals surface area (Å²) in [4.78, 5) is 30.4. The molecule has 2 amide bonds. The van der Waals surface area contributed by atoms with Gasteiger partial charge in [0.15, 0.2) is 6.61 Å². The molecule has 0 aliphatic carbocycles. The number of ether oxygens (including phenoxy) is 1. The maximum atomic E-state index is 12.4. The monoisotopic (exact) mass is 367 g/mol. The van der Waals surface area contributed by atoms with E-state index in [1.807, 2.05) is 32.0 Å². The highest BCUT2D eigenvalue weighted by atomic mass is 16.5. The molecule has 0 saturated carbocycles. The van der Waals surface area contributed by atoms with Crippen molar-refractivity contribution in [3.05, 3.63) is 59.4 Å². The number of nitrogens with one attached hydrogen (secondary N) is 1. The Kier molecular flexibility index (Phi) is 6.06. The van der Waals surface area contributed by atoms with Gasteiger partial charge in [-0.15, -0.1) is 0 Å². The van der Waals surface area contributed by atoms with Gasteiger partial charge in [0.1, 0.15) is 11.4 Å². The van der Waals surface area contributed by atoms with E-state index in [2.05, 4.69) is 10.3 Å². The molecule has 2 heterocycles. The minimum Gasteiger partial charge on any atom is -0.484 e. The quantitative estimate of drug-likeness (QED) is 0.881. The van der Waals surface area contributed by atoms with E-state index in [0.29, 0.717) is 24.5 Å². The average molecular weight is 367 g/mol. The largest absolute Gasteiger partial charge is 0.484 e. The minimum absolute atomic E-state index is 0.0252. The topological polar surface area (TPSA) is 71.5 Å². The fourth-order valence-corrected chi connectivity index (χ4v) is 3.07. The maximum Gasteiger partial charge on any atom is 0.270 e. The van der Waals surface area contributed by atoms with Gasteiger partial charge >= 0.3 is 0 Å². The maximum absolute atomic E-state index is 12.4. The van der Waals surface area contributed by atoms with Crippen LogP contribution >= 0.6 is 0 Å². The molecule has 1 aromatic carbocycles. The van der Waals surface area contributed by atoms with E-state index in [1.165, 1.54) is 5.56 Å². The number of carbonyl (C=O) groups excluding carboxylic acids is 2. The van der Waals surface area contributed by atoms with Crippen LogP contribution in [0, 0.1) is 13.8 Å². The molecule has 3 rings (SSSR count). The molecular formula is C21H25N3O3. The lowest BCUT2D eigenvalue weighted by molar-refractivity contribution is -0.134. The Labute approximate surface area is 159 Å². The zero-order valence-electron chi connectivity index (χ0n) is 15.8. The lowest BCUT2D eigenvalue weighted by atomic mass is 10.0. The number of carbonyl (C=O) groups is 2. The summed E-state index contributed by atoms with van der Waals surface area (Å²) in [6.45, 7) is 5.33. The van der Waals surface area contributed by atoms with Gasteiger partial charge in [-0.25, -0.2) is 0 Å². The zero-order chi connectivity index (χ0) is 19.2. The van der Waals surface area contributed by atoms with E-state index in [0.717, 1.165) is 18.4 Å². The molecule has 6 heteroatoms. The first-order chi connectivity index (χ1) is 13.0. The van der Waals surface area contributed by atoms with Crippen LogP contribution in [0.1, 0.15) is 34.5 Å². The van der Waals surface area contributed by atoms with E-state index in [9.17, 15) is 9.59 Å². The number of nitrogens with zero attached hydrogens (tertiary/aromatic N) is 2. The standard InChI is InChI=1S/C21H25N3O3/c1-15-6-7-18(13-16(15)2)27-14-20(25)24-11-8-17(9-12-24)23-21(26)19-5-3-4-10-22-19/h3-7,10,13,17H,8-9,11-12,14H2,1-2H3,(H,23,26). The first-order valence-corrected chi connectivity index (χ1v) is 9.22. The van der Waals surface area contributed by atoms with Gasteiger partial charge in [-0.3, -0.25) is 14.6 Å². The highest BCUT2D eigenvalue weighted by molar-refractivity contribution is 5.92. The fraction of sp³-hybridized carbons (Fsp3) is 0.381. The molecule has 1 aliphatic rings. The molecule has 6 nitrogen and oxygen atoms in total. The molecule has 0 atom stereocenters. The molecule has 1 saturated heterocycles. The molecule has 1 aliphatic heterocycles. The molecular weight excluding hydrogens is 342 g/mol. The first-order valence-electron chi connectivity index (χ1n) is 9.22. The van der Waals surface area contributed by atoms with E-state index < -0.39 is 0 Å². The average Bonchev–Trinajstić information content (AvgIpc) is 2.70.